The van der Waals surface area contributed by atoms with Crippen LogP contribution in [0, 0.1) is 11.8 Å². The van der Waals surface area contributed by atoms with Crippen LogP contribution in [0.15, 0.2) is 4.99 Å². The molecule has 0 aromatic rings. The zero-order valence-electron chi connectivity index (χ0n) is 14.3. The summed E-state index contributed by atoms with van der Waals surface area (Å²) in [7, 11) is 6.31. The van der Waals surface area contributed by atoms with Crippen LogP contribution >= 0.6 is 24.0 Å². The highest BCUT2D eigenvalue weighted by molar-refractivity contribution is 14.0. The highest BCUT2D eigenvalue weighted by atomic mass is 127. The highest BCUT2D eigenvalue weighted by Gasteiger charge is 2.38. The molecular weight excluding hydrogens is 375 g/mol. The standard InChI is InChI=1S/C16H32N4.HI/c1-12-7-6-8-16(10-12,20(4)5)11-18-15(17-3)19-14-9-13(14)2;/h12-14H,6-11H2,1-5H3,(H2,17,18,19);1H. The normalized spacial score (nSPS) is 36.1. The van der Waals surface area contributed by atoms with E-state index in [-0.39, 0.29) is 29.5 Å². The van der Waals surface area contributed by atoms with Crippen LogP contribution in [0.2, 0.25) is 0 Å². The molecule has 0 bridgehead atoms. The second-order valence-electron chi connectivity index (χ2n) is 7.21. The van der Waals surface area contributed by atoms with E-state index in [2.05, 4.69) is 48.5 Å². The molecule has 5 heteroatoms. The van der Waals surface area contributed by atoms with Gasteiger partial charge < -0.3 is 15.5 Å². The molecule has 2 saturated carbocycles. The first kappa shape index (κ1) is 19.0. The number of nitrogens with zero attached hydrogens (tertiary/aromatic N) is 2. The Labute approximate surface area is 147 Å². The van der Waals surface area contributed by atoms with Crippen LogP contribution in [-0.2, 0) is 0 Å². The average Bonchev–Trinajstić information content (AvgIpc) is 3.10. The van der Waals surface area contributed by atoms with Gasteiger partial charge in [0.05, 0.1) is 0 Å². The molecule has 2 aliphatic rings. The van der Waals surface area contributed by atoms with Crippen molar-refractivity contribution in [2.45, 2.75) is 57.5 Å². The van der Waals surface area contributed by atoms with Gasteiger partial charge in [-0.15, -0.1) is 24.0 Å². The largest absolute Gasteiger partial charge is 0.355 e. The first-order valence-electron chi connectivity index (χ1n) is 8.11. The monoisotopic (exact) mass is 408 g/mol. The van der Waals surface area contributed by atoms with Crippen molar-refractivity contribution >= 4 is 29.9 Å². The molecule has 0 heterocycles. The molecule has 21 heavy (non-hydrogen) atoms. The van der Waals surface area contributed by atoms with E-state index in [0.717, 1.165) is 24.3 Å². The quantitative estimate of drug-likeness (QED) is 0.427. The fraction of sp³-hybridized carbons (Fsp3) is 0.938. The minimum atomic E-state index is 0. The van der Waals surface area contributed by atoms with Crippen LogP contribution in [0.4, 0.5) is 0 Å². The second-order valence-corrected chi connectivity index (χ2v) is 7.21. The van der Waals surface area contributed by atoms with Gasteiger partial charge in [-0.2, -0.15) is 0 Å². The van der Waals surface area contributed by atoms with E-state index in [9.17, 15) is 0 Å². The molecule has 2 rings (SSSR count). The van der Waals surface area contributed by atoms with Crippen molar-refractivity contribution in [2.24, 2.45) is 16.8 Å². The molecule has 0 radical (unpaired) electrons. The molecule has 4 nitrogen and oxygen atoms in total. The van der Waals surface area contributed by atoms with Gasteiger partial charge in [0, 0.05) is 25.2 Å². The summed E-state index contributed by atoms with van der Waals surface area (Å²) < 4.78 is 0. The van der Waals surface area contributed by atoms with Gasteiger partial charge in [-0.05, 0) is 45.2 Å². The molecule has 2 aliphatic carbocycles. The summed E-state index contributed by atoms with van der Waals surface area (Å²) in [5.41, 5.74) is 0.282. The maximum absolute atomic E-state index is 4.37. The number of likely N-dealkylation sites (N-methyl/N-ethyl adjacent to an activating group) is 1. The third-order valence-electron chi connectivity index (χ3n) is 5.26. The smallest absolute Gasteiger partial charge is 0.191 e. The fourth-order valence-corrected chi connectivity index (χ4v) is 3.50. The maximum atomic E-state index is 4.37. The molecule has 0 amide bonds. The summed E-state index contributed by atoms with van der Waals surface area (Å²) in [5, 5.41) is 7.09. The molecular formula is C16H33IN4. The summed E-state index contributed by atoms with van der Waals surface area (Å²) in [6.45, 7) is 5.66. The molecule has 0 saturated heterocycles. The number of rotatable bonds is 4. The van der Waals surface area contributed by atoms with Gasteiger partial charge in [-0.3, -0.25) is 4.99 Å². The number of nitrogens with one attached hydrogen (secondary N) is 2. The summed E-state index contributed by atoms with van der Waals surface area (Å²) in [6.07, 6.45) is 6.56. The molecule has 4 unspecified atom stereocenters. The minimum Gasteiger partial charge on any atom is -0.355 e. The Bertz CT molecular complexity index is 358. The van der Waals surface area contributed by atoms with Gasteiger partial charge in [0.2, 0.25) is 0 Å². The lowest BCUT2D eigenvalue weighted by atomic mass is 9.75. The van der Waals surface area contributed by atoms with E-state index in [1.54, 1.807) is 0 Å². The summed E-state index contributed by atoms with van der Waals surface area (Å²) >= 11 is 0. The third-order valence-corrected chi connectivity index (χ3v) is 5.26. The topological polar surface area (TPSA) is 39.7 Å². The number of guanidine groups is 1. The van der Waals surface area contributed by atoms with E-state index >= 15 is 0 Å². The van der Waals surface area contributed by atoms with Crippen LogP contribution in [-0.4, -0.2) is 50.1 Å². The van der Waals surface area contributed by atoms with Crippen molar-refractivity contribution < 1.29 is 0 Å². The van der Waals surface area contributed by atoms with Crippen molar-refractivity contribution in [3.8, 4) is 0 Å². The van der Waals surface area contributed by atoms with Crippen molar-refractivity contribution in [1.82, 2.24) is 15.5 Å². The summed E-state index contributed by atoms with van der Waals surface area (Å²) in [5.74, 6) is 2.59. The number of aliphatic imine (C=N–C) groups is 1. The van der Waals surface area contributed by atoms with Gasteiger partial charge in [-0.25, -0.2) is 0 Å². The van der Waals surface area contributed by atoms with E-state index in [4.69, 9.17) is 0 Å². The predicted octanol–water partition coefficient (Wildman–Crippen LogP) is 2.69. The highest BCUT2D eigenvalue weighted by Crippen LogP contribution is 2.35. The Morgan fingerprint density at radius 2 is 2.00 bits per heavy atom. The molecule has 0 aliphatic heterocycles. The van der Waals surface area contributed by atoms with Crippen LogP contribution in [0.5, 0.6) is 0 Å². The molecule has 0 aromatic heterocycles. The molecule has 124 valence electrons. The lowest BCUT2D eigenvalue weighted by Gasteiger charge is -2.45. The zero-order chi connectivity index (χ0) is 14.8. The molecule has 0 spiro atoms. The van der Waals surface area contributed by atoms with E-state index in [1.807, 2.05) is 7.05 Å². The van der Waals surface area contributed by atoms with Crippen molar-refractivity contribution in [1.29, 1.82) is 0 Å². The van der Waals surface area contributed by atoms with Gasteiger partial charge >= 0.3 is 0 Å². The molecule has 2 N–H and O–H groups in total. The number of halogens is 1. The SMILES string of the molecule is CN=C(NCC1(N(C)C)CCCC(C)C1)NC1CC1C.I. The minimum absolute atomic E-state index is 0. The Morgan fingerprint density at radius 1 is 1.33 bits per heavy atom. The van der Waals surface area contributed by atoms with Gasteiger partial charge in [0.1, 0.15) is 0 Å². The van der Waals surface area contributed by atoms with Crippen LogP contribution in [0.1, 0.15) is 46.0 Å². The lowest BCUT2D eigenvalue weighted by molar-refractivity contribution is 0.0795. The molecule has 4 atom stereocenters. The third kappa shape index (κ3) is 4.98. The first-order valence-corrected chi connectivity index (χ1v) is 8.11. The maximum Gasteiger partial charge on any atom is 0.191 e. The van der Waals surface area contributed by atoms with Crippen LogP contribution < -0.4 is 10.6 Å². The zero-order valence-corrected chi connectivity index (χ0v) is 16.6. The Hall–Kier alpha value is -0.0400. The van der Waals surface area contributed by atoms with E-state index < -0.39 is 0 Å². The average molecular weight is 408 g/mol. The lowest BCUT2D eigenvalue weighted by Crippen LogP contribution is -2.56. The van der Waals surface area contributed by atoms with Crippen LogP contribution in [0.25, 0.3) is 0 Å². The second kappa shape index (κ2) is 7.99. The summed E-state index contributed by atoms with van der Waals surface area (Å²) in [4.78, 5) is 6.79. The van der Waals surface area contributed by atoms with E-state index in [0.29, 0.717) is 6.04 Å². The Morgan fingerprint density at radius 3 is 2.48 bits per heavy atom. The Balaban J connectivity index is 0.00000220. The number of hydrogen-bond donors (Lipinski definition) is 2. The fourth-order valence-electron chi connectivity index (χ4n) is 3.50. The van der Waals surface area contributed by atoms with E-state index in [1.165, 1.54) is 32.1 Å². The molecule has 0 aromatic carbocycles. The van der Waals surface area contributed by atoms with Gasteiger partial charge in [0.15, 0.2) is 5.96 Å². The first-order chi connectivity index (χ1) is 9.47. The van der Waals surface area contributed by atoms with Gasteiger partial charge in [0.25, 0.3) is 0 Å². The van der Waals surface area contributed by atoms with Crippen molar-refractivity contribution in [3.63, 3.8) is 0 Å². The number of hydrogen-bond acceptors (Lipinski definition) is 2. The molecule has 2 fully saturated rings. The predicted molar refractivity (Wildman–Crippen MR) is 102 cm³/mol. The summed E-state index contributed by atoms with van der Waals surface area (Å²) in [6, 6.07) is 0.627. The van der Waals surface area contributed by atoms with Crippen molar-refractivity contribution in [3.05, 3.63) is 0 Å². The van der Waals surface area contributed by atoms with Crippen molar-refractivity contribution in [2.75, 3.05) is 27.7 Å². The Kier molecular flexibility index (Phi) is 7.24. The van der Waals surface area contributed by atoms with Gasteiger partial charge in [-0.1, -0.05) is 26.7 Å². The van der Waals surface area contributed by atoms with Crippen LogP contribution in [0.3, 0.4) is 0 Å².